The average molecular weight is 339 g/mol. The maximum Gasteiger partial charge on any atom is 0.312 e. The summed E-state index contributed by atoms with van der Waals surface area (Å²) < 4.78 is 6.41. The topological polar surface area (TPSA) is 26.3 Å². The van der Waals surface area contributed by atoms with E-state index in [2.05, 4.69) is 55.4 Å². The fourth-order valence-corrected chi connectivity index (χ4v) is 4.22. The molecule has 0 aliphatic heterocycles. The van der Waals surface area contributed by atoms with Gasteiger partial charge in [0.2, 0.25) is 0 Å². The molecule has 24 heavy (non-hydrogen) atoms. The van der Waals surface area contributed by atoms with Crippen molar-refractivity contribution >= 4 is 5.97 Å². The van der Waals surface area contributed by atoms with Gasteiger partial charge in [0.15, 0.2) is 0 Å². The molecule has 0 aromatic rings. The first-order chi connectivity index (χ1) is 10.9. The molecule has 1 aliphatic rings. The Bertz CT molecular complexity index is 395. The second kappa shape index (κ2) is 8.23. The lowest BCUT2D eigenvalue weighted by molar-refractivity contribution is -0.185. The molecule has 0 heterocycles. The molecule has 2 nitrogen and oxygen atoms in total. The summed E-state index contributed by atoms with van der Waals surface area (Å²) in [7, 11) is 0. The van der Waals surface area contributed by atoms with Crippen molar-refractivity contribution in [2.45, 2.75) is 112 Å². The van der Waals surface area contributed by atoms with E-state index in [9.17, 15) is 4.79 Å². The molecule has 0 N–H and O–H groups in total. The predicted molar refractivity (Wildman–Crippen MR) is 103 cm³/mol. The normalized spacial score (nSPS) is 21.9. The van der Waals surface area contributed by atoms with Gasteiger partial charge in [-0.2, -0.15) is 0 Å². The Morgan fingerprint density at radius 1 is 0.917 bits per heavy atom. The van der Waals surface area contributed by atoms with Crippen molar-refractivity contribution in [2.24, 2.45) is 22.7 Å². The van der Waals surface area contributed by atoms with Gasteiger partial charge in [0.25, 0.3) is 0 Å². The molecule has 1 aliphatic carbocycles. The van der Waals surface area contributed by atoms with Crippen molar-refractivity contribution in [3.63, 3.8) is 0 Å². The number of ether oxygens (including phenoxy) is 1. The second-order valence-electron chi connectivity index (χ2n) is 10.2. The number of carbonyl (C=O) groups excluding carboxylic acids is 1. The van der Waals surface area contributed by atoms with Gasteiger partial charge in [0.1, 0.15) is 5.60 Å². The maximum atomic E-state index is 13.3. The lowest BCUT2D eigenvalue weighted by atomic mass is 9.68. The van der Waals surface area contributed by atoms with Crippen molar-refractivity contribution in [2.75, 3.05) is 0 Å². The zero-order valence-corrected chi connectivity index (χ0v) is 17.6. The van der Waals surface area contributed by atoms with Gasteiger partial charge >= 0.3 is 5.97 Å². The molecule has 0 aromatic heterocycles. The van der Waals surface area contributed by atoms with Crippen LogP contribution in [0.25, 0.3) is 0 Å². The van der Waals surface area contributed by atoms with Crippen LogP contribution in [0.4, 0.5) is 0 Å². The molecule has 1 atom stereocenters. The van der Waals surface area contributed by atoms with Crippen LogP contribution in [0.2, 0.25) is 0 Å². The Balaban J connectivity index is 3.04. The lowest BCUT2D eigenvalue weighted by Gasteiger charge is -2.44. The highest BCUT2D eigenvalue weighted by molar-refractivity contribution is 5.77. The molecule has 0 saturated heterocycles. The molecule has 142 valence electrons. The van der Waals surface area contributed by atoms with E-state index in [0.717, 1.165) is 19.3 Å². The number of carbonyl (C=O) groups is 1. The van der Waals surface area contributed by atoms with Gasteiger partial charge in [-0.15, -0.1) is 0 Å². The molecule has 0 spiro atoms. The standard InChI is InChI=1S/C22H42O2/c1-17(2)21(8,16-20(5,6)7)19(23)24-22(18(3)4)14-12-10-9-11-13-15-22/h17-18H,9-16H2,1-8H3. The molecule has 1 unspecified atom stereocenters. The first kappa shape index (κ1) is 21.5. The SMILES string of the molecule is CC(C)C1(OC(=O)C(C)(CC(C)(C)C)C(C)C)CCCCCCC1. The predicted octanol–water partition coefficient (Wildman–Crippen LogP) is 6.77. The fraction of sp³-hybridized carbons (Fsp3) is 0.955. The summed E-state index contributed by atoms with van der Waals surface area (Å²) in [6.45, 7) is 17.5. The molecule has 0 amide bonds. The van der Waals surface area contributed by atoms with Crippen LogP contribution in [0, 0.1) is 22.7 Å². The van der Waals surface area contributed by atoms with Crippen LogP contribution in [-0.2, 0) is 9.53 Å². The van der Waals surface area contributed by atoms with Gasteiger partial charge in [-0.25, -0.2) is 0 Å². The van der Waals surface area contributed by atoms with Crippen molar-refractivity contribution in [1.82, 2.24) is 0 Å². The number of hydrogen-bond donors (Lipinski definition) is 0. The van der Waals surface area contributed by atoms with E-state index in [1.165, 1.54) is 32.1 Å². The quantitative estimate of drug-likeness (QED) is 0.517. The van der Waals surface area contributed by atoms with Gasteiger partial charge in [-0.3, -0.25) is 4.79 Å². The van der Waals surface area contributed by atoms with Crippen molar-refractivity contribution in [3.8, 4) is 0 Å². The number of hydrogen-bond acceptors (Lipinski definition) is 2. The first-order valence-corrected chi connectivity index (χ1v) is 10.2. The minimum atomic E-state index is -0.414. The maximum absolute atomic E-state index is 13.3. The molecule has 1 rings (SSSR count). The average Bonchev–Trinajstić information content (AvgIpc) is 2.39. The number of esters is 1. The summed E-state index contributed by atoms with van der Waals surface area (Å²) >= 11 is 0. The van der Waals surface area contributed by atoms with E-state index in [1.807, 2.05) is 0 Å². The van der Waals surface area contributed by atoms with Crippen LogP contribution in [0.5, 0.6) is 0 Å². The smallest absolute Gasteiger partial charge is 0.312 e. The Morgan fingerprint density at radius 2 is 1.38 bits per heavy atom. The van der Waals surface area contributed by atoms with Gasteiger partial charge in [-0.05, 0) is 56.3 Å². The van der Waals surface area contributed by atoms with Crippen molar-refractivity contribution in [1.29, 1.82) is 0 Å². The van der Waals surface area contributed by atoms with Crippen LogP contribution in [-0.4, -0.2) is 11.6 Å². The summed E-state index contributed by atoms with van der Waals surface area (Å²) in [5.74, 6) is 0.689. The Kier molecular flexibility index (Phi) is 7.38. The van der Waals surface area contributed by atoms with E-state index in [1.54, 1.807) is 0 Å². The molecule has 1 fully saturated rings. The highest BCUT2D eigenvalue weighted by Crippen LogP contribution is 2.44. The van der Waals surface area contributed by atoms with Gasteiger partial charge in [0.05, 0.1) is 5.41 Å². The monoisotopic (exact) mass is 338 g/mol. The zero-order valence-electron chi connectivity index (χ0n) is 17.6. The lowest BCUT2D eigenvalue weighted by Crippen LogP contribution is -2.47. The summed E-state index contributed by atoms with van der Waals surface area (Å²) in [5, 5.41) is 0. The molecule has 1 saturated carbocycles. The zero-order chi connectivity index (χ0) is 18.6. The molecule has 0 radical (unpaired) electrons. The molecule has 0 aromatic carbocycles. The highest BCUT2D eigenvalue weighted by Gasteiger charge is 2.46. The number of rotatable bonds is 5. The fourth-order valence-electron chi connectivity index (χ4n) is 4.22. The molecule has 2 heteroatoms. The second-order valence-corrected chi connectivity index (χ2v) is 10.2. The summed E-state index contributed by atoms with van der Waals surface area (Å²) in [6, 6.07) is 0. The van der Waals surface area contributed by atoms with Crippen molar-refractivity contribution in [3.05, 3.63) is 0 Å². The van der Waals surface area contributed by atoms with Crippen LogP contribution in [0.3, 0.4) is 0 Å². The largest absolute Gasteiger partial charge is 0.458 e. The summed E-state index contributed by atoms with van der Waals surface area (Å²) in [4.78, 5) is 13.3. The molecule has 0 bridgehead atoms. The minimum Gasteiger partial charge on any atom is -0.458 e. The van der Waals surface area contributed by atoms with E-state index in [4.69, 9.17) is 4.74 Å². The third-order valence-electron chi connectivity index (χ3n) is 6.19. The third-order valence-corrected chi connectivity index (χ3v) is 6.19. The van der Waals surface area contributed by atoms with Crippen LogP contribution in [0.1, 0.15) is 107 Å². The third kappa shape index (κ3) is 5.49. The first-order valence-electron chi connectivity index (χ1n) is 10.2. The van der Waals surface area contributed by atoms with E-state index < -0.39 is 5.41 Å². The van der Waals surface area contributed by atoms with Crippen LogP contribution >= 0.6 is 0 Å². The molecular weight excluding hydrogens is 296 g/mol. The van der Waals surface area contributed by atoms with Crippen LogP contribution in [0.15, 0.2) is 0 Å². The van der Waals surface area contributed by atoms with E-state index >= 15 is 0 Å². The van der Waals surface area contributed by atoms with E-state index in [0.29, 0.717) is 5.92 Å². The minimum absolute atomic E-state index is 0.0294. The van der Waals surface area contributed by atoms with Crippen LogP contribution < -0.4 is 0 Å². The Hall–Kier alpha value is -0.530. The van der Waals surface area contributed by atoms with Crippen molar-refractivity contribution < 1.29 is 9.53 Å². The Morgan fingerprint density at radius 3 is 1.75 bits per heavy atom. The summed E-state index contributed by atoms with van der Waals surface area (Å²) in [6.07, 6.45) is 9.16. The van der Waals surface area contributed by atoms with Gasteiger partial charge < -0.3 is 4.74 Å². The molecular formula is C22H42O2. The summed E-state index contributed by atoms with van der Waals surface area (Å²) in [5.41, 5.74) is -0.558. The van der Waals surface area contributed by atoms with Gasteiger partial charge in [0, 0.05) is 0 Å². The Labute approximate surface area is 151 Å². The van der Waals surface area contributed by atoms with E-state index in [-0.39, 0.29) is 22.9 Å². The highest BCUT2D eigenvalue weighted by atomic mass is 16.6. The van der Waals surface area contributed by atoms with Gasteiger partial charge in [-0.1, -0.05) is 67.7 Å².